The highest BCUT2D eigenvalue weighted by Gasteiger charge is 2.10. The number of rotatable bonds is 5. The number of thiophene rings is 1. The first-order valence-electron chi connectivity index (χ1n) is 7.82. The lowest BCUT2D eigenvalue weighted by molar-refractivity contribution is 0.833. The van der Waals surface area contributed by atoms with Gasteiger partial charge in [-0.25, -0.2) is 9.97 Å². The molecule has 25 heavy (non-hydrogen) atoms. The Morgan fingerprint density at radius 2 is 2.08 bits per heavy atom. The molecule has 1 N–H and O–H groups in total. The van der Waals surface area contributed by atoms with E-state index in [1.807, 2.05) is 41.6 Å². The van der Waals surface area contributed by atoms with Crippen LogP contribution < -0.4 is 4.90 Å². The van der Waals surface area contributed by atoms with E-state index in [1.165, 1.54) is 0 Å². The maximum Gasteiger partial charge on any atom is 0.225 e. The minimum absolute atomic E-state index is 0.648. The van der Waals surface area contributed by atoms with E-state index in [0.29, 0.717) is 12.5 Å². The Hall–Kier alpha value is -3.06. The number of nitrogens with one attached hydrogen (secondary N) is 1. The first kappa shape index (κ1) is 15.5. The summed E-state index contributed by atoms with van der Waals surface area (Å²) in [6.45, 7) is 0.648. The highest BCUT2D eigenvalue weighted by Crippen LogP contribution is 2.24. The fourth-order valence-electron chi connectivity index (χ4n) is 2.53. The van der Waals surface area contributed by atoms with Crippen molar-refractivity contribution < 1.29 is 0 Å². The molecule has 0 saturated carbocycles. The molecule has 0 saturated heterocycles. The van der Waals surface area contributed by atoms with Gasteiger partial charge < -0.3 is 4.90 Å². The van der Waals surface area contributed by atoms with Crippen LogP contribution in [-0.2, 0) is 6.54 Å². The van der Waals surface area contributed by atoms with Gasteiger partial charge in [0, 0.05) is 31.2 Å². The molecular formula is C18H16N6S. The van der Waals surface area contributed by atoms with Crippen LogP contribution in [0.2, 0.25) is 0 Å². The fourth-order valence-corrected chi connectivity index (χ4v) is 3.21. The summed E-state index contributed by atoms with van der Waals surface area (Å²) < 4.78 is 0. The van der Waals surface area contributed by atoms with Gasteiger partial charge >= 0.3 is 0 Å². The van der Waals surface area contributed by atoms with Crippen LogP contribution in [0.3, 0.4) is 0 Å². The Kier molecular flexibility index (Phi) is 4.22. The molecule has 0 aromatic carbocycles. The smallest absolute Gasteiger partial charge is 0.225 e. The van der Waals surface area contributed by atoms with E-state index < -0.39 is 0 Å². The second-order valence-electron chi connectivity index (χ2n) is 5.60. The predicted octanol–water partition coefficient (Wildman–Crippen LogP) is 3.63. The maximum atomic E-state index is 4.64. The van der Waals surface area contributed by atoms with Gasteiger partial charge in [-0.1, -0.05) is 6.07 Å². The average molecular weight is 348 g/mol. The summed E-state index contributed by atoms with van der Waals surface area (Å²) in [5.41, 5.74) is 3.81. The zero-order valence-corrected chi connectivity index (χ0v) is 14.4. The van der Waals surface area contributed by atoms with E-state index in [9.17, 15) is 0 Å². The number of hydrogen-bond donors (Lipinski definition) is 1. The normalized spacial score (nSPS) is 10.8. The number of anilines is 1. The lowest BCUT2D eigenvalue weighted by Gasteiger charge is -2.16. The van der Waals surface area contributed by atoms with Crippen molar-refractivity contribution in [2.24, 2.45) is 0 Å². The highest BCUT2D eigenvalue weighted by molar-refractivity contribution is 7.13. The largest absolute Gasteiger partial charge is 0.338 e. The topological polar surface area (TPSA) is 70.6 Å². The third-order valence-electron chi connectivity index (χ3n) is 3.75. The summed E-state index contributed by atoms with van der Waals surface area (Å²) >= 11 is 1.68. The third kappa shape index (κ3) is 3.41. The Morgan fingerprint density at radius 3 is 2.88 bits per heavy atom. The van der Waals surface area contributed by atoms with E-state index >= 15 is 0 Å². The number of hydrogen-bond acceptors (Lipinski definition) is 6. The van der Waals surface area contributed by atoms with Crippen LogP contribution in [0.5, 0.6) is 0 Å². The van der Waals surface area contributed by atoms with Gasteiger partial charge in [0.25, 0.3) is 0 Å². The molecule has 0 fully saturated rings. The van der Waals surface area contributed by atoms with Crippen LogP contribution in [0, 0.1) is 0 Å². The molecule has 0 amide bonds. The first-order valence-corrected chi connectivity index (χ1v) is 8.70. The number of aromatic amines is 1. The van der Waals surface area contributed by atoms with Gasteiger partial charge in [0.1, 0.15) is 5.69 Å². The zero-order chi connectivity index (χ0) is 17.1. The number of H-pyrrole nitrogens is 1. The van der Waals surface area contributed by atoms with Crippen LogP contribution in [0.25, 0.3) is 21.8 Å². The van der Waals surface area contributed by atoms with Gasteiger partial charge in [0.2, 0.25) is 5.95 Å². The Morgan fingerprint density at radius 1 is 1.12 bits per heavy atom. The zero-order valence-electron chi connectivity index (χ0n) is 13.6. The Bertz CT molecular complexity index is 949. The second-order valence-corrected chi connectivity index (χ2v) is 6.54. The van der Waals surface area contributed by atoms with E-state index in [2.05, 4.69) is 37.3 Å². The molecule has 4 heterocycles. The lowest BCUT2D eigenvalue weighted by atomic mass is 10.2. The Balaban J connectivity index is 1.53. The van der Waals surface area contributed by atoms with Crippen molar-refractivity contribution in [3.63, 3.8) is 0 Å². The highest BCUT2D eigenvalue weighted by atomic mass is 32.1. The average Bonchev–Trinajstić information content (AvgIpc) is 3.34. The van der Waals surface area contributed by atoms with Crippen molar-refractivity contribution in [3.05, 3.63) is 66.1 Å². The van der Waals surface area contributed by atoms with E-state index in [4.69, 9.17) is 0 Å². The molecule has 4 aromatic heterocycles. The SMILES string of the molecule is CN(Cc1cc(-c2cccs2)n[nH]1)c1nccc(-c2cccnc2)n1. The molecule has 0 aliphatic heterocycles. The summed E-state index contributed by atoms with van der Waals surface area (Å²) in [5.74, 6) is 0.661. The molecule has 0 radical (unpaired) electrons. The van der Waals surface area contributed by atoms with Gasteiger partial charge in [0.05, 0.1) is 22.8 Å². The van der Waals surface area contributed by atoms with Crippen molar-refractivity contribution in [1.29, 1.82) is 0 Å². The summed E-state index contributed by atoms with van der Waals surface area (Å²) in [4.78, 5) is 16.3. The molecule has 4 rings (SSSR count). The molecule has 124 valence electrons. The number of pyridine rings is 1. The number of nitrogens with zero attached hydrogens (tertiary/aromatic N) is 5. The van der Waals surface area contributed by atoms with Crippen LogP contribution >= 0.6 is 11.3 Å². The summed E-state index contributed by atoms with van der Waals surface area (Å²) in [7, 11) is 1.97. The molecule has 0 spiro atoms. The molecule has 0 aliphatic carbocycles. The quantitative estimate of drug-likeness (QED) is 0.596. The molecule has 0 unspecified atom stereocenters. The van der Waals surface area contributed by atoms with Gasteiger partial charge in [-0.2, -0.15) is 5.10 Å². The van der Waals surface area contributed by atoms with Crippen molar-refractivity contribution in [1.82, 2.24) is 25.1 Å². The van der Waals surface area contributed by atoms with Crippen LogP contribution in [0.1, 0.15) is 5.69 Å². The molecule has 6 nitrogen and oxygen atoms in total. The minimum Gasteiger partial charge on any atom is -0.338 e. The van der Waals surface area contributed by atoms with Gasteiger partial charge in [-0.3, -0.25) is 10.1 Å². The van der Waals surface area contributed by atoms with Crippen LogP contribution in [-0.4, -0.2) is 32.2 Å². The molecule has 0 bridgehead atoms. The predicted molar refractivity (Wildman–Crippen MR) is 99.3 cm³/mol. The molecule has 4 aromatic rings. The van der Waals surface area contributed by atoms with Gasteiger partial charge in [0.15, 0.2) is 0 Å². The standard InChI is InChI=1S/C18H16N6S/c1-24(12-14-10-16(23-22-14)17-5-3-9-25-17)18-20-8-6-15(21-18)13-4-2-7-19-11-13/h2-11H,12H2,1H3,(H,22,23). The number of aromatic nitrogens is 5. The first-order chi connectivity index (χ1) is 12.3. The van der Waals surface area contributed by atoms with E-state index in [1.54, 1.807) is 29.9 Å². The summed E-state index contributed by atoms with van der Waals surface area (Å²) in [5, 5.41) is 9.52. The fraction of sp³-hybridized carbons (Fsp3) is 0.111. The van der Waals surface area contributed by atoms with Crippen molar-refractivity contribution in [2.75, 3.05) is 11.9 Å². The van der Waals surface area contributed by atoms with Crippen molar-refractivity contribution in [3.8, 4) is 21.8 Å². The van der Waals surface area contributed by atoms with Gasteiger partial charge in [-0.05, 0) is 35.7 Å². The van der Waals surface area contributed by atoms with Crippen LogP contribution in [0.4, 0.5) is 5.95 Å². The maximum absolute atomic E-state index is 4.64. The van der Waals surface area contributed by atoms with Crippen molar-refractivity contribution >= 4 is 17.3 Å². The van der Waals surface area contributed by atoms with Crippen molar-refractivity contribution in [2.45, 2.75) is 6.54 Å². The molecular weight excluding hydrogens is 332 g/mol. The summed E-state index contributed by atoms with van der Waals surface area (Å²) in [6, 6.07) is 11.9. The second kappa shape index (κ2) is 6.82. The summed E-state index contributed by atoms with van der Waals surface area (Å²) in [6.07, 6.45) is 5.32. The van der Waals surface area contributed by atoms with E-state index in [0.717, 1.165) is 27.5 Å². The Labute approximate surface area is 149 Å². The van der Waals surface area contributed by atoms with E-state index in [-0.39, 0.29) is 0 Å². The minimum atomic E-state index is 0.648. The van der Waals surface area contributed by atoms with Gasteiger partial charge in [-0.15, -0.1) is 11.3 Å². The third-order valence-corrected chi connectivity index (χ3v) is 4.65. The molecule has 0 aliphatic rings. The molecule has 7 heteroatoms. The monoisotopic (exact) mass is 348 g/mol. The molecule has 0 atom stereocenters. The van der Waals surface area contributed by atoms with Crippen LogP contribution in [0.15, 0.2) is 60.4 Å². The lowest BCUT2D eigenvalue weighted by Crippen LogP contribution is -2.19.